The molecule has 15 heavy (non-hydrogen) atoms. The van der Waals surface area contributed by atoms with Crippen LogP contribution in [0.5, 0.6) is 0 Å². The van der Waals surface area contributed by atoms with Crippen molar-refractivity contribution in [2.45, 2.75) is 0 Å². The minimum Gasteiger partial charge on any atom is -0.394 e. The standard InChI is InChI=1S/C10H9N.C2H6O2/c1-2-5-9(6-3-1)10-7-4-8-11-10;3-1-2-4/h1-8,11H;3-4H,1-2H2. The molecule has 0 unspecified atom stereocenters. The first-order valence-electron chi connectivity index (χ1n) is 4.79. The Labute approximate surface area is 89.0 Å². The smallest absolute Gasteiger partial charge is 0.0662 e. The van der Waals surface area contributed by atoms with Crippen molar-refractivity contribution in [3.05, 3.63) is 48.7 Å². The molecular formula is C12H15NO2. The highest BCUT2D eigenvalue weighted by atomic mass is 16.3. The number of benzene rings is 1. The molecule has 3 nitrogen and oxygen atoms in total. The van der Waals surface area contributed by atoms with E-state index in [2.05, 4.69) is 23.2 Å². The number of aromatic amines is 1. The van der Waals surface area contributed by atoms with E-state index < -0.39 is 0 Å². The predicted octanol–water partition coefficient (Wildman–Crippen LogP) is 1.65. The summed E-state index contributed by atoms with van der Waals surface area (Å²) in [7, 11) is 0. The third-order valence-corrected chi connectivity index (χ3v) is 1.78. The van der Waals surface area contributed by atoms with Crippen LogP contribution in [-0.2, 0) is 0 Å². The zero-order valence-electron chi connectivity index (χ0n) is 8.43. The number of rotatable bonds is 2. The fourth-order valence-corrected chi connectivity index (χ4v) is 1.13. The van der Waals surface area contributed by atoms with Gasteiger partial charge in [0.15, 0.2) is 0 Å². The summed E-state index contributed by atoms with van der Waals surface area (Å²) >= 11 is 0. The van der Waals surface area contributed by atoms with Crippen LogP contribution in [0.2, 0.25) is 0 Å². The van der Waals surface area contributed by atoms with Crippen LogP contribution in [-0.4, -0.2) is 28.4 Å². The molecule has 0 amide bonds. The number of nitrogens with one attached hydrogen (secondary N) is 1. The van der Waals surface area contributed by atoms with Gasteiger partial charge in [0.25, 0.3) is 0 Å². The molecule has 0 atom stereocenters. The predicted molar refractivity (Wildman–Crippen MR) is 60.4 cm³/mol. The molecule has 2 aromatic rings. The van der Waals surface area contributed by atoms with Crippen LogP contribution in [0.1, 0.15) is 0 Å². The van der Waals surface area contributed by atoms with Crippen LogP contribution in [0, 0.1) is 0 Å². The average Bonchev–Trinajstić information content (AvgIpc) is 2.84. The molecule has 0 saturated carbocycles. The highest BCUT2D eigenvalue weighted by Gasteiger charge is 1.92. The van der Waals surface area contributed by atoms with Crippen molar-refractivity contribution in [2.75, 3.05) is 13.2 Å². The van der Waals surface area contributed by atoms with Gasteiger partial charge in [0.2, 0.25) is 0 Å². The number of aliphatic hydroxyl groups excluding tert-OH is 2. The van der Waals surface area contributed by atoms with Crippen molar-refractivity contribution in [2.24, 2.45) is 0 Å². The monoisotopic (exact) mass is 205 g/mol. The van der Waals surface area contributed by atoms with Crippen LogP contribution >= 0.6 is 0 Å². The summed E-state index contributed by atoms with van der Waals surface area (Å²) in [4.78, 5) is 3.15. The minimum absolute atomic E-state index is 0.125. The first-order valence-corrected chi connectivity index (χ1v) is 4.79. The molecule has 1 aromatic carbocycles. The van der Waals surface area contributed by atoms with E-state index in [1.807, 2.05) is 30.5 Å². The lowest BCUT2D eigenvalue weighted by Crippen LogP contribution is -1.85. The van der Waals surface area contributed by atoms with Crippen molar-refractivity contribution in [3.8, 4) is 11.3 Å². The Balaban J connectivity index is 0.000000245. The van der Waals surface area contributed by atoms with Crippen molar-refractivity contribution in [3.63, 3.8) is 0 Å². The number of hydrogen-bond donors (Lipinski definition) is 3. The lowest BCUT2D eigenvalue weighted by molar-refractivity contribution is 0.186. The normalized spacial score (nSPS) is 9.20. The Kier molecular flexibility index (Phi) is 5.22. The van der Waals surface area contributed by atoms with Gasteiger partial charge in [-0.05, 0) is 17.7 Å². The second-order valence-electron chi connectivity index (χ2n) is 2.90. The molecule has 0 fully saturated rings. The highest BCUT2D eigenvalue weighted by molar-refractivity contribution is 5.58. The van der Waals surface area contributed by atoms with Gasteiger partial charge < -0.3 is 15.2 Å². The molecule has 3 heteroatoms. The van der Waals surface area contributed by atoms with Gasteiger partial charge in [-0.15, -0.1) is 0 Å². The number of aliphatic hydroxyl groups is 2. The Morgan fingerprint density at radius 1 is 0.867 bits per heavy atom. The lowest BCUT2D eigenvalue weighted by Gasteiger charge is -1.94. The fourth-order valence-electron chi connectivity index (χ4n) is 1.13. The van der Waals surface area contributed by atoms with E-state index in [0.29, 0.717) is 0 Å². The molecule has 0 saturated heterocycles. The fraction of sp³-hybridized carbons (Fsp3) is 0.167. The topological polar surface area (TPSA) is 56.2 Å². The first-order chi connectivity index (χ1) is 7.38. The molecule has 0 aliphatic carbocycles. The van der Waals surface area contributed by atoms with Crippen molar-refractivity contribution in [1.82, 2.24) is 4.98 Å². The zero-order chi connectivity index (χ0) is 10.9. The molecular weight excluding hydrogens is 190 g/mol. The lowest BCUT2D eigenvalue weighted by atomic mass is 10.2. The van der Waals surface area contributed by atoms with Gasteiger partial charge in [-0.25, -0.2) is 0 Å². The van der Waals surface area contributed by atoms with Gasteiger partial charge in [0.1, 0.15) is 0 Å². The largest absolute Gasteiger partial charge is 0.394 e. The van der Waals surface area contributed by atoms with Crippen molar-refractivity contribution in [1.29, 1.82) is 0 Å². The van der Waals surface area contributed by atoms with E-state index in [0.717, 1.165) is 0 Å². The van der Waals surface area contributed by atoms with Crippen LogP contribution in [0.15, 0.2) is 48.7 Å². The summed E-state index contributed by atoms with van der Waals surface area (Å²) in [6.07, 6.45) is 1.93. The third kappa shape index (κ3) is 3.97. The summed E-state index contributed by atoms with van der Waals surface area (Å²) < 4.78 is 0. The maximum Gasteiger partial charge on any atom is 0.0662 e. The summed E-state index contributed by atoms with van der Waals surface area (Å²) in [6.45, 7) is -0.250. The quantitative estimate of drug-likeness (QED) is 0.698. The van der Waals surface area contributed by atoms with Crippen LogP contribution in [0.25, 0.3) is 11.3 Å². The maximum absolute atomic E-state index is 7.62. The molecule has 1 aromatic heterocycles. The first kappa shape index (κ1) is 11.5. The molecule has 0 bridgehead atoms. The van der Waals surface area contributed by atoms with E-state index in [9.17, 15) is 0 Å². The van der Waals surface area contributed by atoms with E-state index in [4.69, 9.17) is 10.2 Å². The van der Waals surface area contributed by atoms with E-state index in [-0.39, 0.29) is 13.2 Å². The Bertz CT molecular complexity index is 341. The summed E-state index contributed by atoms with van der Waals surface area (Å²) in [5.74, 6) is 0. The van der Waals surface area contributed by atoms with Gasteiger partial charge in [-0.3, -0.25) is 0 Å². The molecule has 0 spiro atoms. The molecule has 80 valence electrons. The molecule has 0 aliphatic rings. The Hall–Kier alpha value is -1.58. The van der Waals surface area contributed by atoms with Gasteiger partial charge in [-0.2, -0.15) is 0 Å². The Morgan fingerprint density at radius 2 is 1.53 bits per heavy atom. The number of aromatic nitrogens is 1. The number of hydrogen-bond acceptors (Lipinski definition) is 2. The summed E-state index contributed by atoms with van der Waals surface area (Å²) in [5, 5.41) is 15.2. The molecule has 2 rings (SSSR count). The average molecular weight is 205 g/mol. The van der Waals surface area contributed by atoms with Gasteiger partial charge in [-0.1, -0.05) is 30.3 Å². The summed E-state index contributed by atoms with van der Waals surface area (Å²) in [6, 6.07) is 14.3. The number of H-pyrrole nitrogens is 1. The van der Waals surface area contributed by atoms with Gasteiger partial charge in [0, 0.05) is 11.9 Å². The van der Waals surface area contributed by atoms with Crippen LogP contribution in [0.4, 0.5) is 0 Å². The molecule has 3 N–H and O–H groups in total. The third-order valence-electron chi connectivity index (χ3n) is 1.78. The molecule has 0 aliphatic heterocycles. The summed E-state index contributed by atoms with van der Waals surface area (Å²) in [5.41, 5.74) is 2.41. The molecule has 1 heterocycles. The van der Waals surface area contributed by atoms with Gasteiger partial charge in [0.05, 0.1) is 13.2 Å². The minimum atomic E-state index is -0.125. The van der Waals surface area contributed by atoms with Crippen LogP contribution < -0.4 is 0 Å². The SMILES string of the molecule is OCCO.c1ccc(-c2ccc[nH]2)cc1. The highest BCUT2D eigenvalue weighted by Crippen LogP contribution is 2.14. The second-order valence-corrected chi connectivity index (χ2v) is 2.90. The Morgan fingerprint density at radius 3 is 2.00 bits per heavy atom. The van der Waals surface area contributed by atoms with E-state index in [1.165, 1.54) is 11.3 Å². The van der Waals surface area contributed by atoms with E-state index >= 15 is 0 Å². The zero-order valence-corrected chi connectivity index (χ0v) is 8.43. The second kappa shape index (κ2) is 6.81. The molecule has 0 radical (unpaired) electrons. The van der Waals surface area contributed by atoms with Gasteiger partial charge >= 0.3 is 0 Å². The van der Waals surface area contributed by atoms with Crippen LogP contribution in [0.3, 0.4) is 0 Å². The maximum atomic E-state index is 7.62. The van der Waals surface area contributed by atoms with Crippen molar-refractivity contribution < 1.29 is 10.2 Å². The van der Waals surface area contributed by atoms with Crippen molar-refractivity contribution >= 4 is 0 Å². The van der Waals surface area contributed by atoms with E-state index in [1.54, 1.807) is 0 Å².